The van der Waals surface area contributed by atoms with E-state index in [1.807, 2.05) is 19.2 Å². The average molecular weight is 383 g/mol. The van der Waals surface area contributed by atoms with Crippen LogP contribution in [0.4, 0.5) is 0 Å². The van der Waals surface area contributed by atoms with Crippen LogP contribution in [0.3, 0.4) is 0 Å². The Morgan fingerprint density at radius 1 is 1.25 bits per heavy atom. The first-order valence-corrected chi connectivity index (χ1v) is 9.53. The molecule has 1 fully saturated rings. The third-order valence-corrected chi connectivity index (χ3v) is 6.52. The molecule has 0 saturated heterocycles. The fraction of sp³-hybridized carbons (Fsp3) is 0.471. The number of nitrogens with two attached hydrogens (primary N) is 1. The number of aryl methyl sites for hydroxylation is 1. The summed E-state index contributed by atoms with van der Waals surface area (Å²) in [7, 11) is 0. The molecule has 4 nitrogen and oxygen atoms in total. The van der Waals surface area contributed by atoms with Crippen molar-refractivity contribution < 1.29 is 0 Å². The summed E-state index contributed by atoms with van der Waals surface area (Å²) < 4.78 is 0. The molecule has 0 bridgehead atoms. The Morgan fingerprint density at radius 3 is 2.62 bits per heavy atom. The average Bonchev–Trinajstić information content (AvgIpc) is 2.53. The lowest BCUT2D eigenvalue weighted by atomic mass is 9.77. The van der Waals surface area contributed by atoms with Gasteiger partial charge in [0.1, 0.15) is 10.2 Å². The maximum absolute atomic E-state index is 6.22. The van der Waals surface area contributed by atoms with E-state index < -0.39 is 0 Å². The summed E-state index contributed by atoms with van der Waals surface area (Å²) in [6, 6.07) is 1.83. The Bertz CT molecular complexity index is 741. The molecule has 0 unspecified atom stereocenters. The van der Waals surface area contributed by atoms with Crippen molar-refractivity contribution in [2.24, 2.45) is 5.73 Å². The van der Waals surface area contributed by atoms with Crippen molar-refractivity contribution in [2.45, 2.75) is 60.9 Å². The predicted octanol–water partition coefficient (Wildman–Crippen LogP) is 5.01. The quantitative estimate of drug-likeness (QED) is 0.755. The number of rotatable bonds is 3. The Morgan fingerprint density at radius 2 is 1.96 bits per heavy atom. The van der Waals surface area contributed by atoms with Crippen LogP contribution in [-0.2, 0) is 0 Å². The van der Waals surface area contributed by atoms with E-state index in [4.69, 9.17) is 33.9 Å². The Hall–Kier alpha value is -0.880. The summed E-state index contributed by atoms with van der Waals surface area (Å²) in [5.74, 6) is 0.450. The highest BCUT2D eigenvalue weighted by Gasteiger charge is 2.29. The molecule has 2 N–H and O–H groups in total. The van der Waals surface area contributed by atoms with Crippen LogP contribution in [0.5, 0.6) is 0 Å². The number of nitrogens with zero attached hydrogens (tertiary/aromatic N) is 3. The van der Waals surface area contributed by atoms with Gasteiger partial charge < -0.3 is 5.73 Å². The molecule has 0 spiro atoms. The zero-order chi connectivity index (χ0) is 17.3. The maximum Gasteiger partial charge on any atom is 0.148 e. The molecule has 1 saturated carbocycles. The van der Waals surface area contributed by atoms with Crippen LogP contribution < -0.4 is 5.73 Å². The van der Waals surface area contributed by atoms with Crippen LogP contribution in [0.25, 0.3) is 0 Å². The molecule has 1 aliphatic carbocycles. The second-order valence-corrected chi connectivity index (χ2v) is 8.40. The number of aromatic nitrogens is 3. The molecule has 2 heterocycles. The molecule has 0 aromatic carbocycles. The first kappa shape index (κ1) is 17.9. The van der Waals surface area contributed by atoms with Gasteiger partial charge in [0.25, 0.3) is 0 Å². The first-order valence-electron chi connectivity index (χ1n) is 7.96. The van der Waals surface area contributed by atoms with Gasteiger partial charge in [0.15, 0.2) is 0 Å². The monoisotopic (exact) mass is 382 g/mol. The summed E-state index contributed by atoms with van der Waals surface area (Å²) in [6.07, 6.45) is 7.72. The number of pyridine rings is 1. The molecular formula is C17H20Cl2N4S. The molecule has 7 heteroatoms. The van der Waals surface area contributed by atoms with Gasteiger partial charge >= 0.3 is 0 Å². The topological polar surface area (TPSA) is 64.7 Å². The van der Waals surface area contributed by atoms with Crippen molar-refractivity contribution >= 4 is 35.0 Å². The van der Waals surface area contributed by atoms with Crippen LogP contribution in [-0.4, -0.2) is 20.5 Å². The van der Waals surface area contributed by atoms with Gasteiger partial charge in [0.05, 0.1) is 22.6 Å². The van der Waals surface area contributed by atoms with E-state index in [-0.39, 0.29) is 5.54 Å². The highest BCUT2D eigenvalue weighted by Crippen LogP contribution is 2.38. The smallest absolute Gasteiger partial charge is 0.148 e. The highest BCUT2D eigenvalue weighted by atomic mass is 35.5. The molecule has 2 aromatic rings. The Kier molecular flexibility index (Phi) is 5.35. The maximum atomic E-state index is 6.22. The van der Waals surface area contributed by atoms with E-state index in [9.17, 15) is 0 Å². The summed E-state index contributed by atoms with van der Waals surface area (Å²) >= 11 is 13.6. The highest BCUT2D eigenvalue weighted by molar-refractivity contribution is 7.99. The fourth-order valence-corrected chi connectivity index (χ4v) is 4.21. The summed E-state index contributed by atoms with van der Waals surface area (Å²) in [5.41, 5.74) is 8.15. The predicted molar refractivity (Wildman–Crippen MR) is 99.0 cm³/mol. The molecule has 0 amide bonds. The lowest BCUT2D eigenvalue weighted by molar-refractivity contribution is 0.292. The van der Waals surface area contributed by atoms with E-state index >= 15 is 0 Å². The van der Waals surface area contributed by atoms with Gasteiger partial charge in [-0.2, -0.15) is 0 Å². The second kappa shape index (κ2) is 7.16. The van der Waals surface area contributed by atoms with Gasteiger partial charge in [-0.15, -0.1) is 0 Å². The van der Waals surface area contributed by atoms with E-state index in [1.54, 1.807) is 6.20 Å². The Labute approximate surface area is 156 Å². The second-order valence-electron chi connectivity index (χ2n) is 6.63. The van der Waals surface area contributed by atoms with Gasteiger partial charge in [-0.25, -0.2) is 9.97 Å². The van der Waals surface area contributed by atoms with Crippen LogP contribution in [0, 0.1) is 6.92 Å². The zero-order valence-corrected chi connectivity index (χ0v) is 16.0. The van der Waals surface area contributed by atoms with Crippen molar-refractivity contribution in [3.05, 3.63) is 40.0 Å². The normalized spacial score (nSPS) is 24.1. The molecule has 3 rings (SSSR count). The number of halogens is 2. The lowest BCUT2D eigenvalue weighted by Crippen LogP contribution is -2.39. The number of hydrogen-bond acceptors (Lipinski definition) is 5. The van der Waals surface area contributed by atoms with E-state index in [1.165, 1.54) is 11.8 Å². The van der Waals surface area contributed by atoms with Gasteiger partial charge in [0, 0.05) is 22.5 Å². The van der Waals surface area contributed by atoms with Gasteiger partial charge in [0.2, 0.25) is 0 Å². The van der Waals surface area contributed by atoms with Crippen molar-refractivity contribution in [3.63, 3.8) is 0 Å². The van der Waals surface area contributed by atoms with E-state index in [0.29, 0.717) is 16.1 Å². The van der Waals surface area contributed by atoms with Crippen molar-refractivity contribution in [2.75, 3.05) is 0 Å². The van der Waals surface area contributed by atoms with Crippen LogP contribution in [0.15, 0.2) is 28.4 Å². The van der Waals surface area contributed by atoms with Gasteiger partial charge in [-0.1, -0.05) is 35.0 Å². The van der Waals surface area contributed by atoms with Crippen molar-refractivity contribution in [1.82, 2.24) is 15.0 Å². The minimum absolute atomic E-state index is 0.0356. The zero-order valence-electron chi connectivity index (χ0n) is 13.7. The fourth-order valence-electron chi connectivity index (χ4n) is 2.94. The molecule has 0 atom stereocenters. The number of hydrogen-bond donors (Lipinski definition) is 1. The molecule has 128 valence electrons. The third kappa shape index (κ3) is 4.02. The van der Waals surface area contributed by atoms with Crippen LogP contribution in [0.1, 0.15) is 49.9 Å². The molecule has 2 aromatic heterocycles. The minimum atomic E-state index is -0.0356. The molecule has 24 heavy (non-hydrogen) atoms. The molecule has 0 radical (unpaired) electrons. The van der Waals surface area contributed by atoms with Crippen molar-refractivity contribution in [1.29, 1.82) is 0 Å². The molecular weight excluding hydrogens is 363 g/mol. The lowest BCUT2D eigenvalue weighted by Gasteiger charge is -2.33. The minimum Gasteiger partial charge on any atom is -0.325 e. The summed E-state index contributed by atoms with van der Waals surface area (Å²) in [6.45, 7) is 4.11. The first-order chi connectivity index (χ1) is 11.4. The van der Waals surface area contributed by atoms with Gasteiger partial charge in [-0.05, 0) is 45.6 Å². The third-order valence-electron chi connectivity index (χ3n) is 4.48. The molecule has 1 aliphatic rings. The van der Waals surface area contributed by atoms with Crippen LogP contribution in [0.2, 0.25) is 10.2 Å². The van der Waals surface area contributed by atoms with Gasteiger partial charge in [-0.3, -0.25) is 4.98 Å². The molecule has 0 aliphatic heterocycles. The standard InChI is InChI=1S/C17H20Cl2N4S/c1-10-16(24-13-5-8-21-15(19)14(13)18)22-9-12(23-10)11-3-6-17(2,20)7-4-11/h5,8-9,11H,3-4,6-7,20H2,1-2H3. The Balaban J connectivity index is 1.77. The summed E-state index contributed by atoms with van der Waals surface area (Å²) in [4.78, 5) is 14.2. The van der Waals surface area contributed by atoms with Crippen LogP contribution >= 0.6 is 35.0 Å². The SMILES string of the molecule is Cc1nc(C2CCC(C)(N)CC2)cnc1Sc1ccnc(Cl)c1Cl. The van der Waals surface area contributed by atoms with E-state index in [2.05, 4.69) is 16.9 Å². The largest absolute Gasteiger partial charge is 0.325 e. The summed E-state index contributed by atoms with van der Waals surface area (Å²) in [5, 5.41) is 1.59. The van der Waals surface area contributed by atoms with Crippen molar-refractivity contribution in [3.8, 4) is 0 Å². The van der Waals surface area contributed by atoms with E-state index in [0.717, 1.165) is 47.0 Å².